The number of rotatable bonds is 3. The van der Waals surface area contributed by atoms with Crippen molar-refractivity contribution in [2.45, 2.75) is 76.8 Å². The fraction of sp³-hybridized carbons (Fsp3) is 0.938. The summed E-state index contributed by atoms with van der Waals surface area (Å²) in [4.78, 5) is 11.2. The number of aliphatic carboxylic acids is 1. The molecule has 4 N–H and O–H groups in total. The molecule has 0 unspecified atom stereocenters. The van der Waals surface area contributed by atoms with E-state index in [1.807, 2.05) is 0 Å². The van der Waals surface area contributed by atoms with E-state index in [9.17, 15) is 20.1 Å². The molecular formula is C16H26O7. The molecule has 1 saturated heterocycles. The first-order valence-electron chi connectivity index (χ1n) is 8.17. The Bertz CT molecular complexity index is 493. The van der Waals surface area contributed by atoms with Gasteiger partial charge in [0.1, 0.15) is 18.3 Å². The van der Waals surface area contributed by atoms with Crippen molar-refractivity contribution in [2.75, 3.05) is 0 Å². The normalized spacial score (nSPS) is 51.8. The number of carbonyl (C=O) groups is 1. The van der Waals surface area contributed by atoms with Crippen LogP contribution in [0.4, 0.5) is 0 Å². The van der Waals surface area contributed by atoms with Crippen molar-refractivity contribution in [3.63, 3.8) is 0 Å². The molecule has 0 aromatic heterocycles. The van der Waals surface area contributed by atoms with E-state index in [-0.39, 0.29) is 16.9 Å². The van der Waals surface area contributed by atoms with E-state index in [1.54, 1.807) is 0 Å². The zero-order valence-electron chi connectivity index (χ0n) is 13.7. The van der Waals surface area contributed by atoms with Gasteiger partial charge in [0.05, 0.1) is 6.10 Å². The second-order valence-corrected chi connectivity index (χ2v) is 7.97. The Labute approximate surface area is 135 Å². The highest BCUT2D eigenvalue weighted by atomic mass is 16.7. The number of hydrogen-bond acceptors (Lipinski definition) is 6. The van der Waals surface area contributed by atoms with Crippen molar-refractivity contribution in [3.05, 3.63) is 0 Å². The molecule has 1 heterocycles. The van der Waals surface area contributed by atoms with E-state index in [2.05, 4.69) is 20.8 Å². The molecule has 2 aliphatic carbocycles. The molecule has 2 bridgehead atoms. The van der Waals surface area contributed by atoms with Gasteiger partial charge in [0.15, 0.2) is 12.4 Å². The molecular weight excluding hydrogens is 304 g/mol. The Morgan fingerprint density at radius 3 is 2.26 bits per heavy atom. The molecule has 8 atom stereocenters. The number of aliphatic hydroxyl groups is 3. The maximum Gasteiger partial charge on any atom is 0.335 e. The molecule has 7 nitrogen and oxygen atoms in total. The molecule has 23 heavy (non-hydrogen) atoms. The molecule has 0 spiro atoms. The zero-order chi connectivity index (χ0) is 17.2. The molecule has 0 aromatic carbocycles. The van der Waals surface area contributed by atoms with Gasteiger partial charge in [0, 0.05) is 0 Å². The van der Waals surface area contributed by atoms with Crippen molar-refractivity contribution in [1.29, 1.82) is 0 Å². The fourth-order valence-corrected chi connectivity index (χ4v) is 4.66. The molecule has 7 heteroatoms. The third-order valence-electron chi connectivity index (χ3n) is 6.83. The molecule has 1 aliphatic heterocycles. The Hall–Kier alpha value is -0.730. The predicted molar refractivity (Wildman–Crippen MR) is 78.4 cm³/mol. The van der Waals surface area contributed by atoms with Gasteiger partial charge in [-0.05, 0) is 36.0 Å². The number of fused-ring (bicyclic) bond motifs is 2. The largest absolute Gasteiger partial charge is 0.479 e. The lowest BCUT2D eigenvalue weighted by molar-refractivity contribution is -0.312. The van der Waals surface area contributed by atoms with Gasteiger partial charge in [-0.25, -0.2) is 4.79 Å². The van der Waals surface area contributed by atoms with Crippen LogP contribution in [0.25, 0.3) is 0 Å². The number of hydrogen-bond donors (Lipinski definition) is 4. The number of carboxylic acid groups (broad SMARTS) is 1. The predicted octanol–water partition coefficient (Wildman–Crippen LogP) is 0.110. The van der Waals surface area contributed by atoms with Gasteiger partial charge in [0.2, 0.25) is 0 Å². The molecule has 132 valence electrons. The van der Waals surface area contributed by atoms with E-state index < -0.39 is 36.7 Å². The first-order chi connectivity index (χ1) is 10.6. The molecule has 2 saturated carbocycles. The van der Waals surface area contributed by atoms with Crippen molar-refractivity contribution < 1.29 is 34.7 Å². The first-order valence-corrected chi connectivity index (χ1v) is 8.17. The van der Waals surface area contributed by atoms with E-state index >= 15 is 0 Å². The van der Waals surface area contributed by atoms with Gasteiger partial charge in [-0.1, -0.05) is 20.8 Å². The Morgan fingerprint density at radius 2 is 1.78 bits per heavy atom. The summed E-state index contributed by atoms with van der Waals surface area (Å²) in [6, 6.07) is 0. The minimum absolute atomic E-state index is 0.0829. The second-order valence-electron chi connectivity index (χ2n) is 7.97. The van der Waals surface area contributed by atoms with E-state index in [0.717, 1.165) is 19.3 Å². The Kier molecular flexibility index (Phi) is 4.01. The Morgan fingerprint density at radius 1 is 1.13 bits per heavy atom. The van der Waals surface area contributed by atoms with Crippen molar-refractivity contribution in [2.24, 2.45) is 16.7 Å². The summed E-state index contributed by atoms with van der Waals surface area (Å²) >= 11 is 0. The minimum atomic E-state index is -1.69. The lowest BCUT2D eigenvalue weighted by Gasteiger charge is -2.44. The van der Waals surface area contributed by atoms with Crippen molar-refractivity contribution >= 4 is 5.97 Å². The maximum atomic E-state index is 11.2. The third-order valence-corrected chi connectivity index (χ3v) is 6.83. The third kappa shape index (κ3) is 2.33. The first kappa shape index (κ1) is 17.1. The standard InChI is InChI=1S/C16H26O7/c1-15(2)7-4-5-16(15,3)8(6-7)22-14-11(19)9(17)10(18)12(23-14)13(20)21/h7-12,14,17-19H,4-6H2,1-3H3,(H,20,21)/t7-,8+,9+,10+,11+,12-,14+,16-/m0/s1. The van der Waals surface area contributed by atoms with Crippen LogP contribution < -0.4 is 0 Å². The van der Waals surface area contributed by atoms with Crippen LogP contribution in [0, 0.1) is 16.7 Å². The fourth-order valence-electron chi connectivity index (χ4n) is 4.66. The molecule has 3 aliphatic rings. The summed E-state index contributed by atoms with van der Waals surface area (Å²) < 4.78 is 11.2. The van der Waals surface area contributed by atoms with Gasteiger partial charge in [-0.2, -0.15) is 0 Å². The van der Waals surface area contributed by atoms with Crippen LogP contribution in [0.1, 0.15) is 40.0 Å². The number of aliphatic hydroxyl groups excluding tert-OH is 3. The summed E-state index contributed by atoms with van der Waals surface area (Å²) in [6.07, 6.45) is -4.86. The number of carboxylic acids is 1. The summed E-state index contributed by atoms with van der Waals surface area (Å²) in [7, 11) is 0. The van der Waals surface area contributed by atoms with E-state index in [4.69, 9.17) is 14.6 Å². The van der Waals surface area contributed by atoms with E-state index in [0.29, 0.717) is 5.92 Å². The number of ether oxygens (including phenoxy) is 2. The quantitative estimate of drug-likeness (QED) is 0.580. The summed E-state index contributed by atoms with van der Waals surface area (Å²) in [5.41, 5.74) is 0.0160. The second kappa shape index (κ2) is 5.39. The zero-order valence-corrected chi connectivity index (χ0v) is 13.7. The monoisotopic (exact) mass is 330 g/mol. The molecule has 3 rings (SSSR count). The topological polar surface area (TPSA) is 116 Å². The average molecular weight is 330 g/mol. The highest BCUT2D eigenvalue weighted by Crippen LogP contribution is 2.66. The van der Waals surface area contributed by atoms with Crippen LogP contribution in [0.2, 0.25) is 0 Å². The molecule has 0 radical (unpaired) electrons. The molecule has 0 amide bonds. The van der Waals surface area contributed by atoms with Gasteiger partial charge < -0.3 is 29.9 Å². The highest BCUT2D eigenvalue weighted by molar-refractivity contribution is 5.73. The van der Waals surface area contributed by atoms with Gasteiger partial charge in [0.25, 0.3) is 0 Å². The van der Waals surface area contributed by atoms with Crippen LogP contribution in [-0.2, 0) is 14.3 Å². The van der Waals surface area contributed by atoms with Crippen LogP contribution in [0.3, 0.4) is 0 Å². The van der Waals surface area contributed by atoms with E-state index in [1.165, 1.54) is 0 Å². The molecule has 0 aromatic rings. The van der Waals surface area contributed by atoms with Crippen LogP contribution in [0.5, 0.6) is 0 Å². The lowest BCUT2D eigenvalue weighted by atomic mass is 9.70. The lowest BCUT2D eigenvalue weighted by Crippen LogP contribution is -2.61. The smallest absolute Gasteiger partial charge is 0.335 e. The van der Waals surface area contributed by atoms with Crippen LogP contribution in [-0.4, -0.2) is 63.2 Å². The van der Waals surface area contributed by atoms with Gasteiger partial charge in [-0.3, -0.25) is 0 Å². The van der Waals surface area contributed by atoms with Crippen molar-refractivity contribution in [1.82, 2.24) is 0 Å². The van der Waals surface area contributed by atoms with Gasteiger partial charge >= 0.3 is 5.97 Å². The van der Waals surface area contributed by atoms with Crippen LogP contribution >= 0.6 is 0 Å². The summed E-state index contributed by atoms with van der Waals surface area (Å²) in [6.45, 7) is 6.58. The average Bonchev–Trinajstić information content (AvgIpc) is 2.80. The van der Waals surface area contributed by atoms with Gasteiger partial charge in [-0.15, -0.1) is 0 Å². The summed E-state index contributed by atoms with van der Waals surface area (Å²) in [5.74, 6) is -0.874. The highest BCUT2D eigenvalue weighted by Gasteiger charge is 2.63. The van der Waals surface area contributed by atoms with Crippen LogP contribution in [0.15, 0.2) is 0 Å². The van der Waals surface area contributed by atoms with Crippen molar-refractivity contribution in [3.8, 4) is 0 Å². The summed E-state index contributed by atoms with van der Waals surface area (Å²) in [5, 5.41) is 38.8. The SMILES string of the molecule is CC1(C)[C@H]2CC[C@@]1(C)[C@H](O[C@@H]1O[C@H](C(=O)O)[C@H](O)[C@@H](O)[C@H]1O)C2. The Balaban J connectivity index is 1.76. The maximum absolute atomic E-state index is 11.2. The molecule has 3 fully saturated rings. The minimum Gasteiger partial charge on any atom is -0.479 e.